The predicted molar refractivity (Wildman–Crippen MR) is 122 cm³/mol. The molecule has 0 bridgehead atoms. The highest BCUT2D eigenvalue weighted by Gasteiger charge is 2.40. The van der Waals surface area contributed by atoms with Gasteiger partial charge in [0.2, 0.25) is 11.8 Å². The Morgan fingerprint density at radius 2 is 1.91 bits per heavy atom. The normalized spacial score (nSPS) is 22.2. The average molecular weight is 449 g/mol. The van der Waals surface area contributed by atoms with Gasteiger partial charge in [0, 0.05) is 49.5 Å². The first-order chi connectivity index (χ1) is 15.9. The molecule has 33 heavy (non-hydrogen) atoms. The van der Waals surface area contributed by atoms with Crippen molar-refractivity contribution in [1.82, 2.24) is 10.2 Å². The maximum Gasteiger partial charge on any atom is 0.255 e. The second-order valence-corrected chi connectivity index (χ2v) is 9.05. The van der Waals surface area contributed by atoms with E-state index < -0.39 is 11.9 Å². The highest BCUT2D eigenvalue weighted by molar-refractivity contribution is 6.06. The van der Waals surface area contributed by atoms with Crippen LogP contribution in [0, 0.1) is 0 Å². The number of hydrogen-bond acceptors (Lipinski definition) is 6. The van der Waals surface area contributed by atoms with E-state index in [2.05, 4.69) is 22.8 Å². The van der Waals surface area contributed by atoms with Crippen LogP contribution in [-0.4, -0.2) is 41.9 Å². The molecule has 2 saturated heterocycles. The fraction of sp³-hybridized carbons (Fsp3) is 0.400. The number of ether oxygens (including phenoxy) is 1. The van der Waals surface area contributed by atoms with Crippen molar-refractivity contribution < 1.29 is 19.1 Å². The number of rotatable bonds is 5. The number of nitrogens with one attached hydrogen (secondary N) is 2. The molecule has 5 rings (SSSR count). The van der Waals surface area contributed by atoms with Gasteiger partial charge < -0.3 is 20.7 Å². The number of carbonyl (C=O) groups excluding carboxylic acids is 3. The lowest BCUT2D eigenvalue weighted by atomic mass is 9.83. The first kappa shape index (κ1) is 21.6. The van der Waals surface area contributed by atoms with Gasteiger partial charge in [0.1, 0.15) is 6.04 Å². The van der Waals surface area contributed by atoms with Crippen LogP contribution >= 0.6 is 0 Å². The summed E-state index contributed by atoms with van der Waals surface area (Å²) in [4.78, 5) is 38.7. The molecule has 1 unspecified atom stereocenters. The number of nitrogens with two attached hydrogens (primary N) is 1. The maximum atomic E-state index is 13.3. The van der Waals surface area contributed by atoms with Crippen molar-refractivity contribution >= 4 is 23.4 Å². The minimum atomic E-state index is -0.611. The van der Waals surface area contributed by atoms with Gasteiger partial charge in [0.05, 0.1) is 0 Å². The monoisotopic (exact) mass is 448 g/mol. The fourth-order valence-electron chi connectivity index (χ4n) is 5.00. The second-order valence-electron chi connectivity index (χ2n) is 9.05. The predicted octanol–water partition coefficient (Wildman–Crippen LogP) is 2.02. The van der Waals surface area contributed by atoms with Gasteiger partial charge in [-0.05, 0) is 48.1 Å². The summed E-state index contributed by atoms with van der Waals surface area (Å²) >= 11 is 0. The number of hydrogen-bond donors (Lipinski definition) is 3. The van der Waals surface area contributed by atoms with E-state index in [0.29, 0.717) is 38.3 Å². The summed E-state index contributed by atoms with van der Waals surface area (Å²) in [6.07, 6.45) is 2.17. The van der Waals surface area contributed by atoms with E-state index in [4.69, 9.17) is 10.5 Å². The largest absolute Gasteiger partial charge is 0.381 e. The molecule has 2 fully saturated rings. The van der Waals surface area contributed by atoms with Crippen LogP contribution in [0.1, 0.15) is 52.7 Å². The summed E-state index contributed by atoms with van der Waals surface area (Å²) in [6, 6.07) is 13.3. The smallest absolute Gasteiger partial charge is 0.255 e. The van der Waals surface area contributed by atoms with E-state index in [9.17, 15) is 14.4 Å². The summed E-state index contributed by atoms with van der Waals surface area (Å²) in [6.45, 7) is 2.18. The molecule has 1 atom stereocenters. The highest BCUT2D eigenvalue weighted by Crippen LogP contribution is 2.32. The van der Waals surface area contributed by atoms with Gasteiger partial charge in [-0.1, -0.05) is 30.3 Å². The molecule has 3 aliphatic heterocycles. The van der Waals surface area contributed by atoms with Crippen molar-refractivity contribution in [2.75, 3.05) is 18.5 Å². The Morgan fingerprint density at radius 3 is 2.70 bits per heavy atom. The van der Waals surface area contributed by atoms with Crippen LogP contribution in [-0.2, 0) is 33.0 Å². The second kappa shape index (κ2) is 8.61. The topological polar surface area (TPSA) is 114 Å². The summed E-state index contributed by atoms with van der Waals surface area (Å²) in [7, 11) is 0. The van der Waals surface area contributed by atoms with Crippen LogP contribution in [0.5, 0.6) is 0 Å². The minimum absolute atomic E-state index is 0.159. The Labute approximate surface area is 192 Å². The van der Waals surface area contributed by atoms with Crippen LogP contribution in [0.25, 0.3) is 0 Å². The summed E-state index contributed by atoms with van der Waals surface area (Å²) in [5.41, 5.74) is 10.7. The summed E-state index contributed by atoms with van der Waals surface area (Å²) in [5, 5.41) is 5.78. The minimum Gasteiger partial charge on any atom is -0.381 e. The number of nitrogens with zero attached hydrogens (tertiary/aromatic N) is 1. The van der Waals surface area contributed by atoms with E-state index in [1.807, 2.05) is 30.3 Å². The van der Waals surface area contributed by atoms with Crippen LogP contribution in [0.3, 0.4) is 0 Å². The van der Waals surface area contributed by atoms with Crippen molar-refractivity contribution in [1.29, 1.82) is 0 Å². The zero-order valence-corrected chi connectivity index (χ0v) is 18.4. The molecular formula is C25H28N4O4. The molecule has 0 spiro atoms. The molecule has 0 aliphatic carbocycles. The van der Waals surface area contributed by atoms with Gasteiger partial charge in [-0.25, -0.2) is 0 Å². The average Bonchev–Trinajstić information content (AvgIpc) is 3.15. The van der Waals surface area contributed by atoms with Crippen molar-refractivity contribution in [3.05, 3.63) is 64.7 Å². The van der Waals surface area contributed by atoms with Crippen molar-refractivity contribution in [2.24, 2.45) is 5.73 Å². The molecule has 8 nitrogen and oxygen atoms in total. The molecule has 0 aromatic heterocycles. The van der Waals surface area contributed by atoms with Gasteiger partial charge in [-0.15, -0.1) is 0 Å². The number of piperidine rings is 1. The van der Waals surface area contributed by atoms with E-state index >= 15 is 0 Å². The number of fused-ring (bicyclic) bond motifs is 1. The van der Waals surface area contributed by atoms with E-state index in [1.54, 1.807) is 4.90 Å². The third-order valence-corrected chi connectivity index (χ3v) is 6.94. The highest BCUT2D eigenvalue weighted by atomic mass is 16.5. The van der Waals surface area contributed by atoms with Gasteiger partial charge in [0.15, 0.2) is 0 Å². The fourth-order valence-corrected chi connectivity index (χ4v) is 5.00. The third kappa shape index (κ3) is 4.12. The Bertz CT molecular complexity index is 1110. The van der Waals surface area contributed by atoms with Gasteiger partial charge in [-0.2, -0.15) is 0 Å². The van der Waals surface area contributed by atoms with Gasteiger partial charge >= 0.3 is 0 Å². The number of anilines is 1. The first-order valence-electron chi connectivity index (χ1n) is 11.4. The lowest BCUT2D eigenvalue weighted by Crippen LogP contribution is -2.52. The molecule has 8 heteroatoms. The molecular weight excluding hydrogens is 420 g/mol. The van der Waals surface area contributed by atoms with Crippen LogP contribution in [0.15, 0.2) is 42.5 Å². The van der Waals surface area contributed by atoms with E-state index in [-0.39, 0.29) is 23.8 Å². The Morgan fingerprint density at radius 1 is 1.12 bits per heavy atom. The number of amides is 3. The third-order valence-electron chi connectivity index (χ3n) is 6.94. The Hall–Kier alpha value is -3.23. The molecule has 0 radical (unpaired) electrons. The molecule has 4 N–H and O–H groups in total. The number of benzene rings is 2. The maximum absolute atomic E-state index is 13.3. The molecule has 2 aromatic carbocycles. The SMILES string of the molecule is NC1(c2cccc(NCc3cccc4c3C(=O)N(C3CCC(=O)NC3=O)C4)c2)CCOCC1. The first-order valence-corrected chi connectivity index (χ1v) is 11.4. The van der Waals surface area contributed by atoms with Gasteiger partial charge in [-0.3, -0.25) is 19.7 Å². The lowest BCUT2D eigenvalue weighted by Gasteiger charge is -2.34. The lowest BCUT2D eigenvalue weighted by molar-refractivity contribution is -0.136. The van der Waals surface area contributed by atoms with Crippen LogP contribution < -0.4 is 16.4 Å². The van der Waals surface area contributed by atoms with E-state index in [0.717, 1.165) is 35.2 Å². The zero-order chi connectivity index (χ0) is 23.0. The standard InChI is InChI=1S/C25H28N4O4/c26-25(9-11-33-12-10-25)18-5-2-6-19(13-18)27-14-16-3-1-4-17-15-29(24(32)22(16)17)20-7-8-21(30)28-23(20)31/h1-6,13,20,27H,7-12,14-15,26H2,(H,28,30,31). The van der Waals surface area contributed by atoms with Gasteiger partial charge in [0.25, 0.3) is 5.91 Å². The molecule has 3 heterocycles. The zero-order valence-electron chi connectivity index (χ0n) is 18.4. The Balaban J connectivity index is 1.32. The molecule has 3 aliphatic rings. The van der Waals surface area contributed by atoms with Crippen LogP contribution in [0.2, 0.25) is 0 Å². The summed E-state index contributed by atoms with van der Waals surface area (Å²) < 4.78 is 5.47. The van der Waals surface area contributed by atoms with Crippen molar-refractivity contribution in [3.8, 4) is 0 Å². The Kier molecular flexibility index (Phi) is 5.64. The number of imide groups is 1. The van der Waals surface area contributed by atoms with Crippen LogP contribution in [0.4, 0.5) is 5.69 Å². The van der Waals surface area contributed by atoms with Crippen molar-refractivity contribution in [3.63, 3.8) is 0 Å². The molecule has 2 aromatic rings. The quantitative estimate of drug-likeness (QED) is 0.603. The van der Waals surface area contributed by atoms with Crippen molar-refractivity contribution in [2.45, 2.75) is 50.4 Å². The molecule has 172 valence electrons. The number of carbonyl (C=O) groups is 3. The van der Waals surface area contributed by atoms with E-state index in [1.165, 1.54) is 0 Å². The molecule has 0 saturated carbocycles. The molecule has 3 amide bonds. The summed E-state index contributed by atoms with van der Waals surface area (Å²) in [5.74, 6) is -0.839.